The van der Waals surface area contributed by atoms with Crippen LogP contribution < -0.4 is 4.74 Å². The maximum absolute atomic E-state index is 11.6. The summed E-state index contributed by atoms with van der Waals surface area (Å²) in [7, 11) is 0. The van der Waals surface area contributed by atoms with Crippen LogP contribution in [-0.4, -0.2) is 12.4 Å². The summed E-state index contributed by atoms with van der Waals surface area (Å²) in [5.74, 6) is 1.87. The number of rotatable bonds is 5. The van der Waals surface area contributed by atoms with Crippen molar-refractivity contribution in [2.75, 3.05) is 6.61 Å². The summed E-state index contributed by atoms with van der Waals surface area (Å²) in [6, 6.07) is 6.24. The molecule has 0 spiro atoms. The molecule has 17 heavy (non-hydrogen) atoms. The van der Waals surface area contributed by atoms with Crippen LogP contribution in [0.1, 0.15) is 43.7 Å². The van der Waals surface area contributed by atoms with Gasteiger partial charge < -0.3 is 4.74 Å². The SMILES string of the molecule is Cc1ccc(C(C)C)cc1OCC(=O)C1CC1. The molecule has 1 aliphatic rings. The fourth-order valence-corrected chi connectivity index (χ4v) is 1.80. The predicted molar refractivity (Wildman–Crippen MR) is 68.5 cm³/mol. The predicted octanol–water partition coefficient (Wildman–Crippen LogP) is 3.48. The Labute approximate surface area is 103 Å². The molecule has 0 unspecified atom stereocenters. The molecule has 0 saturated heterocycles. The lowest BCUT2D eigenvalue weighted by Crippen LogP contribution is -2.13. The number of Topliss-reactive ketones (excluding diaryl/α,β-unsaturated/α-hetero) is 1. The van der Waals surface area contributed by atoms with Crippen molar-refractivity contribution in [2.24, 2.45) is 5.92 Å². The van der Waals surface area contributed by atoms with E-state index in [2.05, 4.69) is 32.0 Å². The van der Waals surface area contributed by atoms with Gasteiger partial charge in [-0.1, -0.05) is 26.0 Å². The van der Waals surface area contributed by atoms with E-state index in [1.54, 1.807) is 0 Å². The quantitative estimate of drug-likeness (QED) is 0.777. The Morgan fingerprint density at radius 3 is 2.71 bits per heavy atom. The topological polar surface area (TPSA) is 26.3 Å². The van der Waals surface area contributed by atoms with Crippen LogP contribution in [-0.2, 0) is 4.79 Å². The third-order valence-corrected chi connectivity index (χ3v) is 3.28. The first kappa shape index (κ1) is 12.2. The minimum absolute atomic E-state index is 0.229. The molecule has 2 nitrogen and oxygen atoms in total. The number of ketones is 1. The highest BCUT2D eigenvalue weighted by molar-refractivity contribution is 5.84. The monoisotopic (exact) mass is 232 g/mol. The minimum Gasteiger partial charge on any atom is -0.486 e. The lowest BCUT2D eigenvalue weighted by Gasteiger charge is -2.12. The number of aryl methyl sites for hydroxylation is 1. The summed E-state index contributed by atoms with van der Waals surface area (Å²) < 4.78 is 5.64. The van der Waals surface area contributed by atoms with Crippen LogP contribution in [0, 0.1) is 12.8 Å². The molecule has 1 fully saturated rings. The lowest BCUT2D eigenvalue weighted by molar-refractivity contribution is -0.122. The summed E-state index contributed by atoms with van der Waals surface area (Å²) in [4.78, 5) is 11.6. The number of carbonyl (C=O) groups excluding carboxylic acids is 1. The fourth-order valence-electron chi connectivity index (χ4n) is 1.80. The van der Waals surface area contributed by atoms with E-state index in [1.807, 2.05) is 6.92 Å². The van der Waals surface area contributed by atoms with Crippen LogP contribution >= 0.6 is 0 Å². The molecule has 0 aliphatic heterocycles. The van der Waals surface area contributed by atoms with Gasteiger partial charge in [0.05, 0.1) is 0 Å². The molecule has 92 valence electrons. The third-order valence-electron chi connectivity index (χ3n) is 3.28. The average molecular weight is 232 g/mol. The van der Waals surface area contributed by atoms with E-state index in [0.717, 1.165) is 24.2 Å². The van der Waals surface area contributed by atoms with E-state index in [9.17, 15) is 4.79 Å². The van der Waals surface area contributed by atoms with Crippen LogP contribution in [0.2, 0.25) is 0 Å². The fraction of sp³-hybridized carbons (Fsp3) is 0.533. The van der Waals surface area contributed by atoms with Crippen LogP contribution in [0.25, 0.3) is 0 Å². The van der Waals surface area contributed by atoms with Gasteiger partial charge in [0.15, 0.2) is 5.78 Å². The van der Waals surface area contributed by atoms with Crippen molar-refractivity contribution in [3.8, 4) is 5.75 Å². The van der Waals surface area contributed by atoms with Gasteiger partial charge in [-0.25, -0.2) is 0 Å². The normalized spacial score (nSPS) is 15.1. The Balaban J connectivity index is 2.03. The number of hydrogen-bond donors (Lipinski definition) is 0. The van der Waals surface area contributed by atoms with E-state index in [1.165, 1.54) is 5.56 Å². The Kier molecular flexibility index (Phi) is 3.51. The smallest absolute Gasteiger partial charge is 0.173 e. The Morgan fingerprint density at radius 2 is 2.12 bits per heavy atom. The molecule has 2 heteroatoms. The van der Waals surface area contributed by atoms with Gasteiger partial charge in [0, 0.05) is 5.92 Å². The molecule has 0 bridgehead atoms. The van der Waals surface area contributed by atoms with Gasteiger partial charge in [0.2, 0.25) is 0 Å². The third kappa shape index (κ3) is 3.09. The molecule has 0 radical (unpaired) electrons. The van der Waals surface area contributed by atoms with Gasteiger partial charge in [-0.2, -0.15) is 0 Å². The van der Waals surface area contributed by atoms with Crippen molar-refractivity contribution in [3.05, 3.63) is 29.3 Å². The van der Waals surface area contributed by atoms with Crippen LogP contribution in [0.3, 0.4) is 0 Å². The molecule has 0 N–H and O–H groups in total. The van der Waals surface area contributed by atoms with Gasteiger partial charge in [0.1, 0.15) is 12.4 Å². The summed E-state index contributed by atoms with van der Waals surface area (Å²) in [6.07, 6.45) is 2.10. The first-order valence-corrected chi connectivity index (χ1v) is 6.34. The molecule has 1 aliphatic carbocycles. The Bertz CT molecular complexity index is 417. The molecule has 0 atom stereocenters. The highest BCUT2D eigenvalue weighted by Gasteiger charge is 2.29. The second-order valence-corrected chi connectivity index (χ2v) is 5.21. The number of ether oxygens (including phenoxy) is 1. The minimum atomic E-state index is 0.229. The molecule has 0 aromatic heterocycles. The van der Waals surface area contributed by atoms with Crippen molar-refractivity contribution in [1.29, 1.82) is 0 Å². The van der Waals surface area contributed by atoms with Crippen LogP contribution in [0.4, 0.5) is 0 Å². The van der Waals surface area contributed by atoms with E-state index in [-0.39, 0.29) is 18.3 Å². The van der Waals surface area contributed by atoms with E-state index in [0.29, 0.717) is 5.92 Å². The van der Waals surface area contributed by atoms with Crippen LogP contribution in [0.5, 0.6) is 5.75 Å². The van der Waals surface area contributed by atoms with Gasteiger partial charge in [0.25, 0.3) is 0 Å². The Morgan fingerprint density at radius 1 is 1.41 bits per heavy atom. The zero-order valence-electron chi connectivity index (χ0n) is 10.8. The summed E-state index contributed by atoms with van der Waals surface area (Å²) in [5, 5.41) is 0. The van der Waals surface area contributed by atoms with Crippen molar-refractivity contribution in [1.82, 2.24) is 0 Å². The van der Waals surface area contributed by atoms with Gasteiger partial charge >= 0.3 is 0 Å². The lowest BCUT2D eigenvalue weighted by atomic mass is 10.0. The summed E-state index contributed by atoms with van der Waals surface area (Å²) >= 11 is 0. The maximum atomic E-state index is 11.6. The van der Waals surface area contributed by atoms with Crippen molar-refractivity contribution < 1.29 is 9.53 Å². The van der Waals surface area contributed by atoms with E-state index in [4.69, 9.17) is 4.74 Å². The van der Waals surface area contributed by atoms with Gasteiger partial charge in [-0.3, -0.25) is 4.79 Å². The largest absolute Gasteiger partial charge is 0.486 e. The first-order valence-electron chi connectivity index (χ1n) is 6.34. The van der Waals surface area contributed by atoms with Gasteiger partial charge in [-0.05, 0) is 42.9 Å². The average Bonchev–Trinajstić information content (AvgIpc) is 3.11. The number of carbonyl (C=O) groups is 1. The van der Waals surface area contributed by atoms with Crippen molar-refractivity contribution >= 4 is 5.78 Å². The second kappa shape index (κ2) is 4.91. The highest BCUT2D eigenvalue weighted by atomic mass is 16.5. The summed E-state index contributed by atoms with van der Waals surface area (Å²) in [6.45, 7) is 6.56. The molecule has 0 amide bonds. The molecular formula is C15H20O2. The Hall–Kier alpha value is -1.31. The molecular weight excluding hydrogens is 212 g/mol. The molecule has 1 saturated carbocycles. The second-order valence-electron chi connectivity index (χ2n) is 5.21. The molecule has 1 aromatic carbocycles. The van der Waals surface area contributed by atoms with Crippen molar-refractivity contribution in [2.45, 2.75) is 39.5 Å². The zero-order valence-corrected chi connectivity index (χ0v) is 10.8. The first-order chi connectivity index (χ1) is 8.08. The van der Waals surface area contributed by atoms with E-state index >= 15 is 0 Å². The highest BCUT2D eigenvalue weighted by Crippen LogP contribution is 2.30. The summed E-state index contributed by atoms with van der Waals surface area (Å²) in [5.41, 5.74) is 2.35. The number of benzene rings is 1. The molecule has 2 rings (SSSR count). The number of hydrogen-bond acceptors (Lipinski definition) is 2. The molecule has 1 aromatic rings. The van der Waals surface area contributed by atoms with Crippen molar-refractivity contribution in [3.63, 3.8) is 0 Å². The van der Waals surface area contributed by atoms with Gasteiger partial charge in [-0.15, -0.1) is 0 Å². The zero-order chi connectivity index (χ0) is 12.4. The maximum Gasteiger partial charge on any atom is 0.173 e. The van der Waals surface area contributed by atoms with E-state index < -0.39 is 0 Å². The standard InChI is InChI=1S/C15H20O2/c1-10(2)13-5-4-11(3)15(8-13)17-9-14(16)12-6-7-12/h4-5,8,10,12H,6-7,9H2,1-3H3. The van der Waals surface area contributed by atoms with Crippen LogP contribution in [0.15, 0.2) is 18.2 Å². The molecule has 0 heterocycles.